The zero-order valence-electron chi connectivity index (χ0n) is 16.0. The smallest absolute Gasteiger partial charge is 0.447 e. The van der Waals surface area contributed by atoms with Crippen LogP contribution in [0.15, 0.2) is 76.8 Å². The van der Waals surface area contributed by atoms with Crippen molar-refractivity contribution in [1.82, 2.24) is 4.72 Å². The van der Waals surface area contributed by atoms with Crippen LogP contribution in [0.4, 0.5) is 4.79 Å². The summed E-state index contributed by atoms with van der Waals surface area (Å²) in [5.74, 6) is 2.18. The first-order valence-corrected chi connectivity index (χ1v) is 10.8. The van der Waals surface area contributed by atoms with Crippen molar-refractivity contribution in [3.8, 4) is 23.0 Å². The van der Waals surface area contributed by atoms with E-state index in [0.29, 0.717) is 39.3 Å². The van der Waals surface area contributed by atoms with Crippen LogP contribution in [0, 0.1) is 0 Å². The fraction of sp³-hybridized carbons (Fsp3) is 0.0476. The Labute approximate surface area is 183 Å². The van der Waals surface area contributed by atoms with E-state index in [4.69, 9.17) is 25.9 Å². The van der Waals surface area contributed by atoms with E-state index in [2.05, 4.69) is 5.16 Å². The number of nitrogens with zero attached hydrogens (tertiary/aromatic N) is 1. The molecule has 0 saturated carbocycles. The van der Waals surface area contributed by atoms with Gasteiger partial charge in [-0.2, -0.15) is 0 Å². The van der Waals surface area contributed by atoms with Crippen LogP contribution in [-0.2, 0) is 14.9 Å². The van der Waals surface area contributed by atoms with Gasteiger partial charge in [0.25, 0.3) is 10.0 Å². The Morgan fingerprint density at radius 1 is 0.935 bits per heavy atom. The van der Waals surface area contributed by atoms with Crippen LogP contribution in [0.3, 0.4) is 0 Å². The van der Waals surface area contributed by atoms with Gasteiger partial charge in [-0.15, -0.1) is 0 Å². The number of benzene rings is 3. The van der Waals surface area contributed by atoms with Crippen molar-refractivity contribution < 1.29 is 27.5 Å². The van der Waals surface area contributed by atoms with Crippen LogP contribution in [0.2, 0.25) is 5.02 Å². The lowest BCUT2D eigenvalue weighted by molar-refractivity contribution is 0.157. The van der Waals surface area contributed by atoms with Crippen molar-refractivity contribution in [2.45, 2.75) is 11.8 Å². The Morgan fingerprint density at radius 2 is 1.55 bits per heavy atom. The third-order valence-electron chi connectivity index (χ3n) is 4.26. The molecular weight excluding hydrogens is 444 g/mol. The maximum Gasteiger partial charge on any atom is 0.447 e. The molecular formula is C21H15ClN2O6S. The van der Waals surface area contributed by atoms with Crippen LogP contribution in [-0.4, -0.2) is 20.2 Å². The van der Waals surface area contributed by atoms with Crippen LogP contribution in [0.1, 0.15) is 12.5 Å². The van der Waals surface area contributed by atoms with Crippen LogP contribution >= 0.6 is 11.6 Å². The van der Waals surface area contributed by atoms with Gasteiger partial charge in [-0.25, -0.2) is 17.9 Å². The number of carbonyl (C=O) groups excluding carboxylic acids is 1. The highest BCUT2D eigenvalue weighted by Gasteiger charge is 2.20. The second-order valence-electron chi connectivity index (χ2n) is 6.43. The first kappa shape index (κ1) is 20.7. The Bertz CT molecular complexity index is 1290. The standard InChI is InChI=1S/C21H15ClN2O6S/c1-13(23-30-21(25)24-31(26,27)16-9-7-15(22)8-10-16)14-6-11-19-20(12-14)29-18-5-3-2-4-17(18)28-19/h2-12H,1H3,(H,24,25)/b23-13+. The van der Waals surface area contributed by atoms with Gasteiger partial charge in [0.05, 0.1) is 10.6 Å². The van der Waals surface area contributed by atoms with E-state index in [1.54, 1.807) is 42.0 Å². The Hall–Kier alpha value is -3.56. The highest BCUT2D eigenvalue weighted by molar-refractivity contribution is 7.90. The van der Waals surface area contributed by atoms with Crippen LogP contribution in [0.25, 0.3) is 0 Å². The molecule has 0 bridgehead atoms. The van der Waals surface area contributed by atoms with Gasteiger partial charge < -0.3 is 9.47 Å². The quantitative estimate of drug-likeness (QED) is 0.260. The molecule has 0 spiro atoms. The largest absolute Gasteiger partial charge is 0.450 e. The molecule has 0 unspecified atom stereocenters. The lowest BCUT2D eigenvalue weighted by atomic mass is 10.1. The number of halogens is 1. The Morgan fingerprint density at radius 3 is 2.23 bits per heavy atom. The van der Waals surface area contributed by atoms with E-state index in [1.165, 1.54) is 24.3 Å². The fourth-order valence-electron chi connectivity index (χ4n) is 2.72. The number of hydrogen-bond acceptors (Lipinski definition) is 7. The van der Waals surface area contributed by atoms with E-state index in [1.807, 2.05) is 12.1 Å². The van der Waals surface area contributed by atoms with Crippen molar-refractivity contribution in [1.29, 1.82) is 0 Å². The number of carbonyl (C=O) groups is 1. The SMILES string of the molecule is C/C(=N\OC(=O)NS(=O)(=O)c1ccc(Cl)cc1)c1ccc2c(c1)Oc1ccccc1O2. The fourth-order valence-corrected chi connectivity index (χ4v) is 3.71. The third-order valence-corrected chi connectivity index (χ3v) is 5.84. The van der Waals surface area contributed by atoms with E-state index < -0.39 is 16.1 Å². The second-order valence-corrected chi connectivity index (χ2v) is 8.55. The molecule has 8 nitrogen and oxygen atoms in total. The van der Waals surface area contributed by atoms with Gasteiger partial charge in [-0.05, 0) is 61.5 Å². The lowest BCUT2D eigenvalue weighted by Gasteiger charge is -2.20. The summed E-state index contributed by atoms with van der Waals surface area (Å²) in [5, 5.41) is 4.07. The molecule has 0 aromatic heterocycles. The second kappa shape index (κ2) is 8.29. The highest BCUT2D eigenvalue weighted by atomic mass is 35.5. The predicted molar refractivity (Wildman–Crippen MR) is 113 cm³/mol. The first-order valence-electron chi connectivity index (χ1n) is 8.95. The summed E-state index contributed by atoms with van der Waals surface area (Å²) < 4.78 is 37.8. The van der Waals surface area contributed by atoms with E-state index in [0.717, 1.165) is 0 Å². The maximum absolute atomic E-state index is 12.2. The molecule has 1 heterocycles. The number of amides is 1. The monoisotopic (exact) mass is 458 g/mol. The Kier molecular flexibility index (Phi) is 5.53. The van der Waals surface area contributed by atoms with Crippen molar-refractivity contribution in [3.63, 3.8) is 0 Å². The number of sulfonamides is 1. The highest BCUT2D eigenvalue weighted by Crippen LogP contribution is 2.45. The summed E-state index contributed by atoms with van der Waals surface area (Å²) in [5.41, 5.74) is 0.916. The van der Waals surface area contributed by atoms with Gasteiger partial charge in [0, 0.05) is 10.6 Å². The molecule has 31 heavy (non-hydrogen) atoms. The first-order chi connectivity index (χ1) is 14.8. The molecule has 1 aliphatic heterocycles. The van der Waals surface area contributed by atoms with E-state index >= 15 is 0 Å². The number of fused-ring (bicyclic) bond motifs is 2. The minimum atomic E-state index is -4.12. The van der Waals surface area contributed by atoms with Gasteiger partial charge in [-0.1, -0.05) is 28.9 Å². The van der Waals surface area contributed by atoms with E-state index in [9.17, 15) is 13.2 Å². The number of hydrogen-bond donors (Lipinski definition) is 1. The molecule has 0 atom stereocenters. The minimum absolute atomic E-state index is 0.137. The summed E-state index contributed by atoms with van der Waals surface area (Å²) >= 11 is 5.74. The summed E-state index contributed by atoms with van der Waals surface area (Å²) in [6.07, 6.45) is -1.25. The Balaban J connectivity index is 1.44. The zero-order valence-corrected chi connectivity index (χ0v) is 17.6. The van der Waals surface area contributed by atoms with Gasteiger partial charge in [0.2, 0.25) is 0 Å². The molecule has 4 rings (SSSR count). The molecule has 1 N–H and O–H groups in total. The number of nitrogens with one attached hydrogen (secondary N) is 1. The number of para-hydroxylation sites is 2. The topological polar surface area (TPSA) is 103 Å². The number of oxime groups is 1. The zero-order chi connectivity index (χ0) is 22.0. The van der Waals surface area contributed by atoms with Crippen molar-refractivity contribution in [2.24, 2.45) is 5.16 Å². The molecule has 3 aromatic rings. The normalized spacial score (nSPS) is 12.6. The van der Waals surface area contributed by atoms with Gasteiger partial charge in [-0.3, -0.25) is 4.84 Å². The van der Waals surface area contributed by atoms with Crippen molar-refractivity contribution >= 4 is 33.4 Å². The molecule has 0 saturated heterocycles. The van der Waals surface area contributed by atoms with E-state index in [-0.39, 0.29) is 4.90 Å². The van der Waals surface area contributed by atoms with Crippen molar-refractivity contribution in [2.75, 3.05) is 0 Å². The average molecular weight is 459 g/mol. The summed E-state index contributed by atoms with van der Waals surface area (Å²) in [6, 6.07) is 17.6. The minimum Gasteiger partial charge on any atom is -0.450 e. The number of rotatable bonds is 4. The maximum atomic E-state index is 12.2. The molecule has 1 amide bonds. The van der Waals surface area contributed by atoms with Crippen LogP contribution in [0.5, 0.6) is 23.0 Å². The molecule has 1 aliphatic rings. The van der Waals surface area contributed by atoms with Gasteiger partial charge >= 0.3 is 6.09 Å². The summed E-state index contributed by atoms with van der Waals surface area (Å²) in [7, 11) is -4.12. The van der Waals surface area contributed by atoms with Gasteiger partial charge in [0.15, 0.2) is 23.0 Å². The molecule has 158 valence electrons. The summed E-state index contributed by atoms with van der Waals surface area (Å²) in [4.78, 5) is 16.5. The molecule has 10 heteroatoms. The predicted octanol–water partition coefficient (Wildman–Crippen LogP) is 5.08. The molecule has 0 aliphatic carbocycles. The molecule has 3 aromatic carbocycles. The van der Waals surface area contributed by atoms with Gasteiger partial charge in [0.1, 0.15) is 0 Å². The lowest BCUT2D eigenvalue weighted by Crippen LogP contribution is -2.30. The molecule has 0 radical (unpaired) electrons. The third kappa shape index (κ3) is 4.62. The number of ether oxygens (including phenoxy) is 2. The van der Waals surface area contributed by atoms with Crippen LogP contribution < -0.4 is 14.2 Å². The van der Waals surface area contributed by atoms with Crippen molar-refractivity contribution in [3.05, 3.63) is 77.3 Å². The molecule has 0 fully saturated rings. The average Bonchev–Trinajstić information content (AvgIpc) is 2.75. The summed E-state index contributed by atoms with van der Waals surface area (Å²) in [6.45, 7) is 1.60.